The molecule has 0 heterocycles. The predicted molar refractivity (Wildman–Crippen MR) is 90.7 cm³/mol. The van der Waals surface area contributed by atoms with Gasteiger partial charge in [0.25, 0.3) is 0 Å². The Bertz CT molecular complexity index is 564. The molecule has 1 unspecified atom stereocenters. The highest BCUT2D eigenvalue weighted by Crippen LogP contribution is 2.29. The minimum Gasteiger partial charge on any atom is -0.490 e. The highest BCUT2D eigenvalue weighted by molar-refractivity contribution is 5.91. The number of unbranched alkanes of at least 4 members (excludes halogenated alkanes) is 3. The molecule has 2 aromatic rings. The Kier molecular flexibility index (Phi) is 6.06. The molecule has 1 atom stereocenters. The average molecular weight is 285 g/mol. The number of benzene rings is 2. The van der Waals surface area contributed by atoms with Gasteiger partial charge in [-0.3, -0.25) is 0 Å². The SMILES string of the molecule is CCCCCCC(C)Oc1ccc(CN)c2ccccc12. The monoisotopic (exact) mass is 285 g/mol. The van der Waals surface area contributed by atoms with Gasteiger partial charge in [0.1, 0.15) is 5.75 Å². The summed E-state index contributed by atoms with van der Waals surface area (Å²) in [5, 5.41) is 2.37. The molecule has 0 bridgehead atoms. The van der Waals surface area contributed by atoms with Gasteiger partial charge in [-0.25, -0.2) is 0 Å². The van der Waals surface area contributed by atoms with E-state index in [9.17, 15) is 0 Å². The van der Waals surface area contributed by atoms with Crippen LogP contribution in [0.2, 0.25) is 0 Å². The van der Waals surface area contributed by atoms with Crippen LogP contribution in [0, 0.1) is 0 Å². The molecular formula is C19H27NO. The molecule has 21 heavy (non-hydrogen) atoms. The Hall–Kier alpha value is -1.54. The molecule has 0 spiro atoms. The van der Waals surface area contributed by atoms with Gasteiger partial charge in [0.15, 0.2) is 0 Å². The lowest BCUT2D eigenvalue weighted by molar-refractivity contribution is 0.209. The van der Waals surface area contributed by atoms with Crippen LogP contribution in [0.3, 0.4) is 0 Å². The number of rotatable bonds is 8. The smallest absolute Gasteiger partial charge is 0.127 e. The zero-order chi connectivity index (χ0) is 15.1. The molecule has 114 valence electrons. The summed E-state index contributed by atoms with van der Waals surface area (Å²) in [5.41, 5.74) is 7.00. The molecule has 0 radical (unpaired) electrons. The van der Waals surface area contributed by atoms with Gasteiger partial charge >= 0.3 is 0 Å². The van der Waals surface area contributed by atoms with Crippen LogP contribution in [-0.4, -0.2) is 6.10 Å². The first-order valence-electron chi connectivity index (χ1n) is 8.13. The van der Waals surface area contributed by atoms with Crippen molar-refractivity contribution < 1.29 is 4.74 Å². The van der Waals surface area contributed by atoms with Crippen molar-refractivity contribution in [1.29, 1.82) is 0 Å². The van der Waals surface area contributed by atoms with Crippen LogP contribution in [-0.2, 0) is 6.54 Å². The molecule has 0 aromatic heterocycles. The Labute approximate surface area is 128 Å². The Morgan fingerprint density at radius 2 is 1.76 bits per heavy atom. The fourth-order valence-corrected chi connectivity index (χ4v) is 2.75. The van der Waals surface area contributed by atoms with Crippen molar-refractivity contribution in [2.75, 3.05) is 0 Å². The van der Waals surface area contributed by atoms with Crippen LogP contribution in [0.1, 0.15) is 51.5 Å². The molecule has 0 aliphatic heterocycles. The highest BCUT2D eigenvalue weighted by atomic mass is 16.5. The summed E-state index contributed by atoms with van der Waals surface area (Å²) in [6, 6.07) is 12.5. The van der Waals surface area contributed by atoms with E-state index in [1.807, 2.05) is 0 Å². The third kappa shape index (κ3) is 4.21. The highest BCUT2D eigenvalue weighted by Gasteiger charge is 2.09. The molecule has 0 aliphatic rings. The lowest BCUT2D eigenvalue weighted by atomic mass is 10.0. The molecule has 2 heteroatoms. The Balaban J connectivity index is 2.08. The third-order valence-electron chi connectivity index (χ3n) is 3.99. The maximum absolute atomic E-state index is 6.17. The maximum Gasteiger partial charge on any atom is 0.127 e. The van der Waals surface area contributed by atoms with Gasteiger partial charge in [-0.15, -0.1) is 0 Å². The maximum atomic E-state index is 6.17. The van der Waals surface area contributed by atoms with Gasteiger partial charge in [0.05, 0.1) is 6.10 Å². The Morgan fingerprint density at radius 1 is 1.00 bits per heavy atom. The summed E-state index contributed by atoms with van der Waals surface area (Å²) in [6.07, 6.45) is 6.52. The lowest BCUT2D eigenvalue weighted by Gasteiger charge is -2.17. The zero-order valence-electron chi connectivity index (χ0n) is 13.3. The molecule has 0 saturated heterocycles. The second-order valence-electron chi connectivity index (χ2n) is 5.75. The molecule has 2 rings (SSSR count). The summed E-state index contributed by atoms with van der Waals surface area (Å²) in [5.74, 6) is 0.978. The van der Waals surface area contributed by atoms with Gasteiger partial charge in [-0.2, -0.15) is 0 Å². The van der Waals surface area contributed by atoms with Gasteiger partial charge in [-0.1, -0.05) is 56.5 Å². The van der Waals surface area contributed by atoms with E-state index in [4.69, 9.17) is 10.5 Å². The van der Waals surface area contributed by atoms with Gasteiger partial charge in [0, 0.05) is 11.9 Å². The normalized spacial score (nSPS) is 12.5. The first-order chi connectivity index (χ1) is 10.3. The average Bonchev–Trinajstić information content (AvgIpc) is 2.52. The number of ether oxygens (including phenoxy) is 1. The fraction of sp³-hybridized carbons (Fsp3) is 0.474. The van der Waals surface area contributed by atoms with Crippen molar-refractivity contribution >= 4 is 10.8 Å². The number of hydrogen-bond acceptors (Lipinski definition) is 2. The molecular weight excluding hydrogens is 258 g/mol. The van der Waals surface area contributed by atoms with E-state index in [1.165, 1.54) is 42.0 Å². The molecule has 2 nitrogen and oxygen atoms in total. The quantitative estimate of drug-likeness (QED) is 0.690. The Morgan fingerprint density at radius 3 is 2.48 bits per heavy atom. The van der Waals surface area contributed by atoms with Gasteiger partial charge in [0.2, 0.25) is 0 Å². The molecule has 0 aliphatic carbocycles. The topological polar surface area (TPSA) is 35.2 Å². The second kappa shape index (κ2) is 8.04. The number of hydrogen-bond donors (Lipinski definition) is 1. The summed E-state index contributed by atoms with van der Waals surface area (Å²) in [7, 11) is 0. The largest absolute Gasteiger partial charge is 0.490 e. The molecule has 0 amide bonds. The van der Waals surface area contributed by atoms with Crippen LogP contribution < -0.4 is 10.5 Å². The van der Waals surface area contributed by atoms with Crippen LogP contribution >= 0.6 is 0 Å². The van der Waals surface area contributed by atoms with E-state index in [0.717, 1.165) is 12.2 Å². The predicted octanol–water partition coefficient (Wildman–Crippen LogP) is 5.04. The fourth-order valence-electron chi connectivity index (χ4n) is 2.75. The van der Waals surface area contributed by atoms with Crippen molar-refractivity contribution in [2.24, 2.45) is 5.73 Å². The summed E-state index contributed by atoms with van der Waals surface area (Å²) in [4.78, 5) is 0. The van der Waals surface area contributed by atoms with Crippen LogP contribution in [0.25, 0.3) is 10.8 Å². The zero-order valence-corrected chi connectivity index (χ0v) is 13.3. The standard InChI is InChI=1S/C19H27NO/c1-3-4-5-6-9-15(2)21-19-13-12-16(14-20)17-10-7-8-11-18(17)19/h7-8,10-13,15H,3-6,9,14,20H2,1-2H3. The van der Waals surface area contributed by atoms with Crippen molar-refractivity contribution in [3.63, 3.8) is 0 Å². The van der Waals surface area contributed by atoms with Crippen LogP contribution in [0.4, 0.5) is 0 Å². The van der Waals surface area contributed by atoms with Crippen LogP contribution in [0.15, 0.2) is 36.4 Å². The minimum atomic E-state index is 0.258. The summed E-state index contributed by atoms with van der Waals surface area (Å²) in [6.45, 7) is 4.97. The molecule has 0 saturated carbocycles. The molecule has 0 fully saturated rings. The van der Waals surface area contributed by atoms with E-state index in [-0.39, 0.29) is 6.10 Å². The number of fused-ring (bicyclic) bond motifs is 1. The van der Waals surface area contributed by atoms with Crippen molar-refractivity contribution in [3.8, 4) is 5.75 Å². The lowest BCUT2D eigenvalue weighted by Crippen LogP contribution is -2.12. The van der Waals surface area contributed by atoms with Crippen LogP contribution in [0.5, 0.6) is 5.75 Å². The number of nitrogens with two attached hydrogens (primary N) is 1. The van der Waals surface area contributed by atoms with Crippen molar-refractivity contribution in [1.82, 2.24) is 0 Å². The van der Waals surface area contributed by atoms with Crippen molar-refractivity contribution in [3.05, 3.63) is 42.0 Å². The van der Waals surface area contributed by atoms with Crippen molar-refractivity contribution in [2.45, 2.75) is 58.6 Å². The summed E-state index contributed by atoms with van der Waals surface area (Å²) < 4.78 is 6.17. The van der Waals surface area contributed by atoms with Gasteiger partial charge < -0.3 is 10.5 Å². The molecule has 2 aromatic carbocycles. The second-order valence-corrected chi connectivity index (χ2v) is 5.75. The first-order valence-corrected chi connectivity index (χ1v) is 8.13. The van der Waals surface area contributed by atoms with E-state index in [1.54, 1.807) is 0 Å². The van der Waals surface area contributed by atoms with E-state index < -0.39 is 0 Å². The van der Waals surface area contributed by atoms with E-state index in [0.29, 0.717) is 6.54 Å². The van der Waals surface area contributed by atoms with E-state index in [2.05, 4.69) is 50.2 Å². The summed E-state index contributed by atoms with van der Waals surface area (Å²) >= 11 is 0. The van der Waals surface area contributed by atoms with Gasteiger partial charge in [-0.05, 0) is 36.8 Å². The minimum absolute atomic E-state index is 0.258. The van der Waals surface area contributed by atoms with E-state index >= 15 is 0 Å². The first kappa shape index (κ1) is 15.8. The third-order valence-corrected chi connectivity index (χ3v) is 3.99. The molecule has 2 N–H and O–H groups in total.